The van der Waals surface area contributed by atoms with Gasteiger partial charge in [-0.05, 0) is 18.6 Å². The molecule has 2 aromatic carbocycles. The van der Waals surface area contributed by atoms with E-state index in [-0.39, 0.29) is 12.5 Å². The van der Waals surface area contributed by atoms with Crippen LogP contribution in [0.2, 0.25) is 0 Å². The first kappa shape index (κ1) is 14.7. The molecular weight excluding hydrogens is 264 g/mol. The van der Waals surface area contributed by atoms with Gasteiger partial charge in [-0.1, -0.05) is 55.1 Å². The fourth-order valence-corrected chi connectivity index (χ4v) is 1.80. The summed E-state index contributed by atoms with van der Waals surface area (Å²) in [6, 6.07) is 17.5. The van der Waals surface area contributed by atoms with Crippen LogP contribution in [0.4, 0.5) is 0 Å². The standard InChI is InChI=1S/C17H18N2O2/c1-13(2)18-19-17(20)12-21-16-11-7-6-10-15(16)14-8-4-3-5-9-14/h3-11,18H,1,12H2,2H3,(H,19,20). The zero-order valence-corrected chi connectivity index (χ0v) is 11.9. The molecule has 2 rings (SSSR count). The molecule has 0 unspecified atom stereocenters. The second kappa shape index (κ2) is 7.14. The molecule has 0 radical (unpaired) electrons. The van der Waals surface area contributed by atoms with Crippen LogP contribution in [0.15, 0.2) is 66.9 Å². The van der Waals surface area contributed by atoms with Gasteiger partial charge >= 0.3 is 0 Å². The fourth-order valence-electron chi connectivity index (χ4n) is 1.80. The highest BCUT2D eigenvalue weighted by Crippen LogP contribution is 2.29. The third-order valence-corrected chi connectivity index (χ3v) is 2.75. The maximum atomic E-state index is 11.6. The third-order valence-electron chi connectivity index (χ3n) is 2.75. The van der Waals surface area contributed by atoms with Crippen molar-refractivity contribution in [2.24, 2.45) is 0 Å². The molecule has 0 aliphatic carbocycles. The van der Waals surface area contributed by atoms with Crippen molar-refractivity contribution in [2.75, 3.05) is 6.61 Å². The van der Waals surface area contributed by atoms with Crippen molar-refractivity contribution in [1.29, 1.82) is 0 Å². The molecule has 2 aromatic rings. The van der Waals surface area contributed by atoms with Crippen LogP contribution in [0.5, 0.6) is 5.75 Å². The van der Waals surface area contributed by atoms with E-state index >= 15 is 0 Å². The predicted octanol–water partition coefficient (Wildman–Crippen LogP) is 2.89. The van der Waals surface area contributed by atoms with Crippen molar-refractivity contribution in [3.8, 4) is 16.9 Å². The first-order valence-electron chi connectivity index (χ1n) is 6.64. The number of rotatable bonds is 6. The Morgan fingerprint density at radius 3 is 2.43 bits per heavy atom. The normalized spacial score (nSPS) is 9.76. The molecule has 21 heavy (non-hydrogen) atoms. The van der Waals surface area contributed by atoms with Crippen LogP contribution in [0.25, 0.3) is 11.1 Å². The highest BCUT2D eigenvalue weighted by molar-refractivity contribution is 5.78. The zero-order chi connectivity index (χ0) is 15.1. The molecule has 2 N–H and O–H groups in total. The molecule has 0 atom stereocenters. The number of carbonyl (C=O) groups is 1. The molecule has 0 bridgehead atoms. The van der Waals surface area contributed by atoms with E-state index in [1.165, 1.54) is 0 Å². The SMILES string of the molecule is C=C(C)NNC(=O)COc1ccccc1-c1ccccc1. The number of nitrogens with one attached hydrogen (secondary N) is 2. The van der Waals surface area contributed by atoms with E-state index in [9.17, 15) is 4.79 Å². The zero-order valence-electron chi connectivity index (χ0n) is 11.9. The number of ether oxygens (including phenoxy) is 1. The van der Waals surface area contributed by atoms with Gasteiger partial charge in [0.2, 0.25) is 0 Å². The minimum absolute atomic E-state index is 0.0654. The van der Waals surface area contributed by atoms with Crippen molar-refractivity contribution >= 4 is 5.91 Å². The molecule has 1 amide bonds. The van der Waals surface area contributed by atoms with E-state index in [1.54, 1.807) is 6.92 Å². The molecule has 0 saturated heterocycles. The molecule has 0 aromatic heterocycles. The van der Waals surface area contributed by atoms with E-state index in [4.69, 9.17) is 4.74 Å². The molecule has 0 aliphatic rings. The van der Waals surface area contributed by atoms with Crippen LogP contribution < -0.4 is 15.6 Å². The van der Waals surface area contributed by atoms with Crippen molar-refractivity contribution in [3.63, 3.8) is 0 Å². The van der Waals surface area contributed by atoms with Gasteiger partial charge in [-0.25, -0.2) is 0 Å². The summed E-state index contributed by atoms with van der Waals surface area (Å²) in [6.45, 7) is 5.32. The van der Waals surface area contributed by atoms with Crippen LogP contribution >= 0.6 is 0 Å². The Balaban J connectivity index is 2.04. The Labute approximate surface area is 124 Å². The smallest absolute Gasteiger partial charge is 0.276 e. The lowest BCUT2D eigenvalue weighted by atomic mass is 10.1. The average molecular weight is 282 g/mol. The van der Waals surface area contributed by atoms with Gasteiger partial charge in [-0.15, -0.1) is 0 Å². The Morgan fingerprint density at radius 2 is 1.71 bits per heavy atom. The maximum absolute atomic E-state index is 11.6. The molecule has 4 nitrogen and oxygen atoms in total. The van der Waals surface area contributed by atoms with Crippen molar-refractivity contribution in [2.45, 2.75) is 6.92 Å². The van der Waals surface area contributed by atoms with Crippen LogP contribution in [0, 0.1) is 0 Å². The summed E-state index contributed by atoms with van der Waals surface area (Å²) in [5, 5.41) is 0. The van der Waals surface area contributed by atoms with Gasteiger partial charge in [0.1, 0.15) is 5.75 Å². The summed E-state index contributed by atoms with van der Waals surface area (Å²) in [5.41, 5.74) is 7.82. The molecule has 0 fully saturated rings. The lowest BCUT2D eigenvalue weighted by molar-refractivity contribution is -0.123. The maximum Gasteiger partial charge on any atom is 0.276 e. The lowest BCUT2D eigenvalue weighted by Crippen LogP contribution is -2.38. The fraction of sp³-hybridized carbons (Fsp3) is 0.118. The summed E-state index contributed by atoms with van der Waals surface area (Å²) in [5.74, 6) is 0.412. The van der Waals surface area contributed by atoms with E-state index in [0.717, 1.165) is 11.1 Å². The first-order valence-corrected chi connectivity index (χ1v) is 6.64. The summed E-state index contributed by atoms with van der Waals surface area (Å²) >= 11 is 0. The van der Waals surface area contributed by atoms with Gasteiger partial charge in [0, 0.05) is 11.3 Å². The number of hydrazine groups is 1. The average Bonchev–Trinajstić information content (AvgIpc) is 2.52. The summed E-state index contributed by atoms with van der Waals surface area (Å²) in [7, 11) is 0. The Hall–Kier alpha value is -2.75. The molecule has 0 aliphatic heterocycles. The second-order valence-corrected chi connectivity index (χ2v) is 4.60. The number of carbonyl (C=O) groups excluding carboxylic acids is 1. The Bertz CT molecular complexity index is 624. The monoisotopic (exact) mass is 282 g/mol. The largest absolute Gasteiger partial charge is 0.483 e. The number of benzene rings is 2. The topological polar surface area (TPSA) is 50.4 Å². The minimum atomic E-state index is -0.263. The minimum Gasteiger partial charge on any atom is -0.483 e. The van der Waals surface area contributed by atoms with Crippen molar-refractivity contribution < 1.29 is 9.53 Å². The Morgan fingerprint density at radius 1 is 1.05 bits per heavy atom. The van der Waals surface area contributed by atoms with Gasteiger partial charge in [0.15, 0.2) is 6.61 Å². The quantitative estimate of drug-likeness (QED) is 0.801. The van der Waals surface area contributed by atoms with Crippen LogP contribution in [0.3, 0.4) is 0 Å². The summed E-state index contributed by atoms with van der Waals surface area (Å²) < 4.78 is 5.60. The highest BCUT2D eigenvalue weighted by Gasteiger charge is 2.07. The van der Waals surface area contributed by atoms with Crippen LogP contribution in [0.1, 0.15) is 6.92 Å². The second-order valence-electron chi connectivity index (χ2n) is 4.60. The van der Waals surface area contributed by atoms with E-state index in [0.29, 0.717) is 11.4 Å². The van der Waals surface area contributed by atoms with E-state index in [1.807, 2.05) is 54.6 Å². The number of amides is 1. The predicted molar refractivity (Wildman–Crippen MR) is 83.5 cm³/mol. The molecule has 108 valence electrons. The van der Waals surface area contributed by atoms with Crippen molar-refractivity contribution in [1.82, 2.24) is 10.9 Å². The van der Waals surface area contributed by atoms with E-state index < -0.39 is 0 Å². The van der Waals surface area contributed by atoms with Gasteiger partial charge in [0.05, 0.1) is 0 Å². The number of para-hydroxylation sites is 1. The molecular formula is C17H18N2O2. The summed E-state index contributed by atoms with van der Waals surface area (Å²) in [4.78, 5) is 11.6. The van der Waals surface area contributed by atoms with Crippen LogP contribution in [-0.4, -0.2) is 12.5 Å². The van der Waals surface area contributed by atoms with Gasteiger partial charge in [-0.2, -0.15) is 0 Å². The number of hydrogen-bond acceptors (Lipinski definition) is 3. The molecule has 0 saturated carbocycles. The number of hydrogen-bond donors (Lipinski definition) is 2. The number of allylic oxidation sites excluding steroid dienone is 1. The van der Waals surface area contributed by atoms with Gasteiger partial charge in [0.25, 0.3) is 5.91 Å². The Kier molecular flexibility index (Phi) is 4.99. The lowest BCUT2D eigenvalue weighted by Gasteiger charge is -2.12. The van der Waals surface area contributed by atoms with Gasteiger partial charge in [-0.3, -0.25) is 10.2 Å². The molecule has 4 heteroatoms. The van der Waals surface area contributed by atoms with Gasteiger partial charge < -0.3 is 10.2 Å². The summed E-state index contributed by atoms with van der Waals surface area (Å²) in [6.07, 6.45) is 0. The third kappa shape index (κ3) is 4.38. The molecule has 0 spiro atoms. The molecule has 0 heterocycles. The van der Waals surface area contributed by atoms with Crippen molar-refractivity contribution in [3.05, 3.63) is 66.9 Å². The van der Waals surface area contributed by atoms with E-state index in [2.05, 4.69) is 17.4 Å². The van der Waals surface area contributed by atoms with Crippen LogP contribution in [-0.2, 0) is 4.79 Å². The highest BCUT2D eigenvalue weighted by atomic mass is 16.5. The first-order chi connectivity index (χ1) is 10.2.